The number of amides is 1. The number of rotatable bonds is 3. The van der Waals surface area contributed by atoms with E-state index < -0.39 is 11.5 Å². The zero-order valence-corrected chi connectivity index (χ0v) is 12.4. The summed E-state index contributed by atoms with van der Waals surface area (Å²) >= 11 is 0. The Morgan fingerprint density at radius 1 is 1.39 bits per heavy atom. The Morgan fingerprint density at radius 2 is 2.22 bits per heavy atom. The molecule has 2 heterocycles. The Kier molecular flexibility index (Phi) is 4.18. The molecule has 7 heteroatoms. The molecule has 0 atom stereocenters. The van der Waals surface area contributed by atoms with E-state index in [0.29, 0.717) is 29.7 Å². The van der Waals surface area contributed by atoms with Crippen LogP contribution in [0.3, 0.4) is 0 Å². The van der Waals surface area contributed by atoms with Crippen molar-refractivity contribution in [1.29, 1.82) is 0 Å². The zero-order valence-electron chi connectivity index (χ0n) is 12.4. The molecule has 0 saturated carbocycles. The molecule has 0 saturated heterocycles. The number of aryl methyl sites for hydroxylation is 1. The fourth-order valence-electron chi connectivity index (χ4n) is 2.65. The number of nitrogens with zero attached hydrogens (tertiary/aromatic N) is 2. The van der Waals surface area contributed by atoms with E-state index in [0.717, 1.165) is 12.8 Å². The standard InChI is InChI=1S/C16H16N4O3/c21-14-11-5-1-2-6-12(11)19-15(22)13(14)16(23)20-18-9-10-4-3-7-17-8-10/h3-4,7-9H,1-2,5-6H2,(H,20,23)(H2,19,21,22)/b18-9-. The number of fused-ring (bicyclic) bond motifs is 1. The first-order chi connectivity index (χ1) is 11.2. The summed E-state index contributed by atoms with van der Waals surface area (Å²) in [6.45, 7) is 0. The number of H-pyrrole nitrogens is 1. The number of carbonyl (C=O) groups is 1. The number of hydrogen-bond acceptors (Lipinski definition) is 5. The molecule has 0 aliphatic heterocycles. The minimum absolute atomic E-state index is 0.238. The van der Waals surface area contributed by atoms with E-state index in [4.69, 9.17) is 0 Å². The SMILES string of the molecule is O=C(N/N=C\c1cccnc1)c1c(O)c2c([nH]c1=O)CCCC2. The summed E-state index contributed by atoms with van der Waals surface area (Å²) in [5.74, 6) is -0.977. The van der Waals surface area contributed by atoms with Crippen LogP contribution < -0.4 is 11.0 Å². The maximum absolute atomic E-state index is 12.1. The second-order valence-corrected chi connectivity index (χ2v) is 5.33. The Labute approximate surface area is 132 Å². The molecule has 2 aromatic rings. The highest BCUT2D eigenvalue weighted by Gasteiger charge is 2.23. The molecule has 0 bridgehead atoms. The lowest BCUT2D eigenvalue weighted by molar-refractivity contribution is 0.0950. The van der Waals surface area contributed by atoms with Gasteiger partial charge in [-0.3, -0.25) is 14.6 Å². The highest BCUT2D eigenvalue weighted by molar-refractivity contribution is 5.97. The van der Waals surface area contributed by atoms with Gasteiger partial charge in [0.1, 0.15) is 11.3 Å². The first kappa shape index (κ1) is 15.0. The fourth-order valence-corrected chi connectivity index (χ4v) is 2.65. The normalized spacial score (nSPS) is 13.7. The number of aromatic nitrogens is 2. The molecule has 1 aliphatic rings. The van der Waals surface area contributed by atoms with Crippen molar-refractivity contribution in [3.8, 4) is 5.75 Å². The molecule has 0 radical (unpaired) electrons. The summed E-state index contributed by atoms with van der Waals surface area (Å²) in [6.07, 6.45) is 7.86. The number of aromatic amines is 1. The molecule has 23 heavy (non-hydrogen) atoms. The van der Waals surface area contributed by atoms with Gasteiger partial charge >= 0.3 is 0 Å². The molecule has 1 aliphatic carbocycles. The number of nitrogens with one attached hydrogen (secondary N) is 2. The third-order valence-electron chi connectivity index (χ3n) is 3.77. The molecule has 3 N–H and O–H groups in total. The van der Waals surface area contributed by atoms with Crippen LogP contribution in [0.4, 0.5) is 0 Å². The van der Waals surface area contributed by atoms with E-state index in [2.05, 4.69) is 20.5 Å². The third kappa shape index (κ3) is 3.13. The molecule has 0 spiro atoms. The quantitative estimate of drug-likeness (QED) is 0.583. The fraction of sp³-hybridized carbons (Fsp3) is 0.250. The van der Waals surface area contributed by atoms with Crippen LogP contribution in [0.5, 0.6) is 5.75 Å². The van der Waals surface area contributed by atoms with Crippen LogP contribution in [0.2, 0.25) is 0 Å². The van der Waals surface area contributed by atoms with E-state index in [-0.39, 0.29) is 11.3 Å². The van der Waals surface area contributed by atoms with Gasteiger partial charge in [0.2, 0.25) is 0 Å². The Balaban J connectivity index is 1.82. The van der Waals surface area contributed by atoms with Crippen molar-refractivity contribution in [2.75, 3.05) is 0 Å². The molecule has 118 valence electrons. The first-order valence-corrected chi connectivity index (χ1v) is 7.37. The summed E-state index contributed by atoms with van der Waals surface area (Å²) < 4.78 is 0. The Hall–Kier alpha value is -2.96. The third-order valence-corrected chi connectivity index (χ3v) is 3.77. The summed E-state index contributed by atoms with van der Waals surface area (Å²) in [7, 11) is 0. The van der Waals surface area contributed by atoms with Gasteiger partial charge < -0.3 is 10.1 Å². The summed E-state index contributed by atoms with van der Waals surface area (Å²) in [4.78, 5) is 30.8. The van der Waals surface area contributed by atoms with Crippen LogP contribution in [0.15, 0.2) is 34.4 Å². The minimum atomic E-state index is -0.739. The van der Waals surface area contributed by atoms with Gasteiger partial charge in [-0.2, -0.15) is 5.10 Å². The largest absolute Gasteiger partial charge is 0.507 e. The maximum atomic E-state index is 12.1. The van der Waals surface area contributed by atoms with Crippen molar-refractivity contribution < 1.29 is 9.90 Å². The predicted molar refractivity (Wildman–Crippen MR) is 84.7 cm³/mol. The molecule has 3 rings (SSSR count). The number of hydrazone groups is 1. The van der Waals surface area contributed by atoms with Gasteiger partial charge in [0, 0.05) is 29.2 Å². The number of aromatic hydroxyl groups is 1. The van der Waals surface area contributed by atoms with Gasteiger partial charge in [-0.05, 0) is 31.7 Å². The summed E-state index contributed by atoms with van der Waals surface area (Å²) in [6, 6.07) is 3.51. The molecular formula is C16H16N4O3. The highest BCUT2D eigenvalue weighted by atomic mass is 16.3. The van der Waals surface area contributed by atoms with Crippen LogP contribution in [-0.2, 0) is 12.8 Å². The van der Waals surface area contributed by atoms with Gasteiger partial charge in [-0.1, -0.05) is 6.07 Å². The van der Waals surface area contributed by atoms with Gasteiger partial charge in [0.15, 0.2) is 0 Å². The van der Waals surface area contributed by atoms with E-state index in [9.17, 15) is 14.7 Å². The number of carbonyl (C=O) groups excluding carboxylic acids is 1. The summed E-state index contributed by atoms with van der Waals surface area (Å²) in [5, 5.41) is 14.0. The van der Waals surface area contributed by atoms with E-state index >= 15 is 0 Å². The molecule has 2 aromatic heterocycles. The number of pyridine rings is 2. The van der Waals surface area contributed by atoms with Crippen LogP contribution in [-0.4, -0.2) is 27.2 Å². The average Bonchev–Trinajstić information content (AvgIpc) is 2.56. The van der Waals surface area contributed by atoms with Crippen molar-refractivity contribution >= 4 is 12.1 Å². The van der Waals surface area contributed by atoms with Crippen molar-refractivity contribution in [2.24, 2.45) is 5.10 Å². The maximum Gasteiger partial charge on any atom is 0.280 e. The topological polar surface area (TPSA) is 107 Å². The zero-order chi connectivity index (χ0) is 16.2. The van der Waals surface area contributed by atoms with Gasteiger partial charge in [-0.25, -0.2) is 5.43 Å². The molecule has 1 amide bonds. The lowest BCUT2D eigenvalue weighted by Crippen LogP contribution is -2.29. The highest BCUT2D eigenvalue weighted by Crippen LogP contribution is 2.28. The predicted octanol–water partition coefficient (Wildman–Crippen LogP) is 1.12. The van der Waals surface area contributed by atoms with Crippen molar-refractivity contribution in [1.82, 2.24) is 15.4 Å². The van der Waals surface area contributed by atoms with Crippen LogP contribution in [0.1, 0.15) is 40.0 Å². The lowest BCUT2D eigenvalue weighted by Gasteiger charge is -2.17. The van der Waals surface area contributed by atoms with E-state index in [1.54, 1.807) is 24.5 Å². The first-order valence-electron chi connectivity index (χ1n) is 7.37. The Bertz CT molecular complexity index is 812. The monoisotopic (exact) mass is 312 g/mol. The minimum Gasteiger partial charge on any atom is -0.507 e. The van der Waals surface area contributed by atoms with Crippen LogP contribution in [0, 0.1) is 0 Å². The van der Waals surface area contributed by atoms with Gasteiger partial charge in [0.25, 0.3) is 11.5 Å². The van der Waals surface area contributed by atoms with Gasteiger partial charge in [0.05, 0.1) is 6.21 Å². The van der Waals surface area contributed by atoms with Crippen LogP contribution >= 0.6 is 0 Å². The molecule has 0 fully saturated rings. The second kappa shape index (κ2) is 6.43. The molecule has 0 aromatic carbocycles. The Morgan fingerprint density at radius 3 is 3.00 bits per heavy atom. The molecule has 0 unspecified atom stereocenters. The van der Waals surface area contributed by atoms with E-state index in [1.165, 1.54) is 6.21 Å². The molecule has 7 nitrogen and oxygen atoms in total. The average molecular weight is 312 g/mol. The van der Waals surface area contributed by atoms with Gasteiger partial charge in [-0.15, -0.1) is 0 Å². The lowest BCUT2D eigenvalue weighted by atomic mass is 9.94. The second-order valence-electron chi connectivity index (χ2n) is 5.33. The number of hydrogen-bond donors (Lipinski definition) is 3. The van der Waals surface area contributed by atoms with Crippen molar-refractivity contribution in [3.05, 3.63) is 57.3 Å². The van der Waals surface area contributed by atoms with Crippen molar-refractivity contribution in [2.45, 2.75) is 25.7 Å². The molecular weight excluding hydrogens is 296 g/mol. The summed E-state index contributed by atoms with van der Waals surface area (Å²) in [5.41, 5.74) is 3.43. The van der Waals surface area contributed by atoms with E-state index in [1.807, 2.05) is 0 Å². The smallest absolute Gasteiger partial charge is 0.280 e. The van der Waals surface area contributed by atoms with Crippen LogP contribution in [0.25, 0.3) is 0 Å². The van der Waals surface area contributed by atoms with Crippen molar-refractivity contribution in [3.63, 3.8) is 0 Å².